The molecule has 8 nitrogen and oxygen atoms in total. The second kappa shape index (κ2) is 6.15. The van der Waals surface area contributed by atoms with E-state index >= 15 is 0 Å². The predicted octanol–water partition coefficient (Wildman–Crippen LogP) is 2.49. The zero-order chi connectivity index (χ0) is 18.1. The molecule has 2 rings (SSSR count). The van der Waals surface area contributed by atoms with Gasteiger partial charge in [0.2, 0.25) is 0 Å². The van der Waals surface area contributed by atoms with Gasteiger partial charge in [0, 0.05) is 11.6 Å². The summed E-state index contributed by atoms with van der Waals surface area (Å²) in [6.45, 7) is 1.40. The van der Waals surface area contributed by atoms with Crippen molar-refractivity contribution in [2.45, 2.75) is 13.3 Å². The fourth-order valence-electron chi connectivity index (χ4n) is 2.66. The topological polar surface area (TPSA) is 127 Å². The van der Waals surface area contributed by atoms with E-state index in [4.69, 9.17) is 9.84 Å². The number of rotatable bonds is 5. The molecule has 1 aliphatic carbocycles. The van der Waals surface area contributed by atoms with Crippen molar-refractivity contribution in [2.75, 3.05) is 7.11 Å². The molecule has 0 amide bonds. The minimum atomic E-state index is -1.51. The maximum atomic E-state index is 11.8. The Kier molecular flexibility index (Phi) is 4.41. The standard InChI is InChI=1S/C16H15NO7/c1-16(15(20)21)8-10(14(18)19)3-5-11(16)9-4-6-13(24-2)12(7-9)17(22)23/h3-7H,8H2,1-2H3,(H,18,19)(H,20,21). The van der Waals surface area contributed by atoms with Gasteiger partial charge in [-0.25, -0.2) is 4.79 Å². The van der Waals surface area contributed by atoms with Gasteiger partial charge in [-0.15, -0.1) is 0 Å². The minimum Gasteiger partial charge on any atom is -0.490 e. The summed E-state index contributed by atoms with van der Waals surface area (Å²) in [7, 11) is 1.30. The number of hydrogen-bond acceptors (Lipinski definition) is 5. The van der Waals surface area contributed by atoms with E-state index in [9.17, 15) is 24.8 Å². The van der Waals surface area contributed by atoms with Crippen LogP contribution in [-0.4, -0.2) is 34.2 Å². The van der Waals surface area contributed by atoms with Gasteiger partial charge < -0.3 is 14.9 Å². The molecule has 0 saturated carbocycles. The molecule has 1 aromatic rings. The number of carboxylic acids is 2. The van der Waals surface area contributed by atoms with E-state index in [1.807, 2.05) is 0 Å². The summed E-state index contributed by atoms with van der Waals surface area (Å²) < 4.78 is 4.93. The zero-order valence-corrected chi connectivity index (χ0v) is 13.0. The molecule has 1 unspecified atom stereocenters. The lowest BCUT2D eigenvalue weighted by Gasteiger charge is -2.31. The molecule has 0 radical (unpaired) electrons. The molecule has 1 aliphatic rings. The lowest BCUT2D eigenvalue weighted by atomic mass is 9.71. The first-order chi connectivity index (χ1) is 11.2. The van der Waals surface area contributed by atoms with Gasteiger partial charge in [0.25, 0.3) is 0 Å². The molecule has 0 heterocycles. The first-order valence-electron chi connectivity index (χ1n) is 6.91. The molecule has 0 fully saturated rings. The molecule has 126 valence electrons. The third-order valence-corrected chi connectivity index (χ3v) is 4.02. The van der Waals surface area contributed by atoms with E-state index in [-0.39, 0.29) is 23.4 Å². The van der Waals surface area contributed by atoms with Crippen LogP contribution < -0.4 is 4.74 Å². The Labute approximate surface area is 136 Å². The lowest BCUT2D eigenvalue weighted by Crippen LogP contribution is -2.32. The van der Waals surface area contributed by atoms with Crippen LogP contribution in [-0.2, 0) is 9.59 Å². The number of carbonyl (C=O) groups is 2. The van der Waals surface area contributed by atoms with E-state index in [1.54, 1.807) is 0 Å². The number of hydrogen-bond donors (Lipinski definition) is 2. The number of allylic oxidation sites excluding steroid dienone is 2. The van der Waals surface area contributed by atoms with Crippen LogP contribution in [0.5, 0.6) is 5.75 Å². The van der Waals surface area contributed by atoms with Crippen molar-refractivity contribution < 1.29 is 29.5 Å². The molecular formula is C16H15NO7. The fraction of sp³-hybridized carbons (Fsp3) is 0.250. The van der Waals surface area contributed by atoms with Gasteiger partial charge >= 0.3 is 17.6 Å². The normalized spacial score (nSPS) is 19.9. The van der Waals surface area contributed by atoms with Crippen LogP contribution in [0.25, 0.3) is 5.57 Å². The molecule has 0 saturated heterocycles. The second-order valence-electron chi connectivity index (χ2n) is 5.54. The van der Waals surface area contributed by atoms with E-state index in [0.717, 1.165) is 0 Å². The molecule has 0 bridgehead atoms. The average molecular weight is 333 g/mol. The number of nitro benzene ring substituents is 1. The lowest BCUT2D eigenvalue weighted by molar-refractivity contribution is -0.385. The largest absolute Gasteiger partial charge is 0.490 e. The van der Waals surface area contributed by atoms with Crippen LogP contribution in [0.4, 0.5) is 5.69 Å². The van der Waals surface area contributed by atoms with Crippen LogP contribution in [0, 0.1) is 15.5 Å². The molecule has 2 N–H and O–H groups in total. The van der Waals surface area contributed by atoms with Gasteiger partial charge in [-0.2, -0.15) is 0 Å². The van der Waals surface area contributed by atoms with Crippen LogP contribution in [0.1, 0.15) is 18.9 Å². The fourth-order valence-corrected chi connectivity index (χ4v) is 2.66. The Hall–Kier alpha value is -3.16. The smallest absolute Gasteiger partial charge is 0.331 e. The molecule has 1 atom stereocenters. The summed E-state index contributed by atoms with van der Waals surface area (Å²) in [5, 5.41) is 29.8. The average Bonchev–Trinajstić information content (AvgIpc) is 2.53. The first-order valence-corrected chi connectivity index (χ1v) is 6.91. The van der Waals surface area contributed by atoms with Gasteiger partial charge in [0.05, 0.1) is 17.4 Å². The number of carboxylic acid groups (broad SMARTS) is 2. The van der Waals surface area contributed by atoms with Crippen molar-refractivity contribution in [3.05, 3.63) is 51.6 Å². The molecular weight excluding hydrogens is 318 g/mol. The number of benzene rings is 1. The highest BCUT2D eigenvalue weighted by molar-refractivity contribution is 5.98. The van der Waals surface area contributed by atoms with E-state index in [2.05, 4.69) is 0 Å². The third kappa shape index (κ3) is 2.85. The van der Waals surface area contributed by atoms with Crippen molar-refractivity contribution in [3.63, 3.8) is 0 Å². The maximum absolute atomic E-state index is 11.8. The third-order valence-electron chi connectivity index (χ3n) is 4.02. The summed E-state index contributed by atoms with van der Waals surface area (Å²) in [6.07, 6.45) is 2.48. The highest BCUT2D eigenvalue weighted by Crippen LogP contribution is 2.45. The van der Waals surface area contributed by atoms with Gasteiger partial charge in [-0.3, -0.25) is 14.9 Å². The van der Waals surface area contributed by atoms with Crippen molar-refractivity contribution in [3.8, 4) is 5.75 Å². The Balaban J connectivity index is 2.64. The molecule has 8 heteroatoms. The molecule has 0 aromatic heterocycles. The Morgan fingerprint density at radius 3 is 2.46 bits per heavy atom. The van der Waals surface area contributed by atoms with Crippen LogP contribution in [0.15, 0.2) is 35.9 Å². The number of ether oxygens (including phenoxy) is 1. The van der Waals surface area contributed by atoms with Gasteiger partial charge in [-0.05, 0) is 30.5 Å². The van der Waals surface area contributed by atoms with E-state index in [0.29, 0.717) is 11.1 Å². The molecule has 24 heavy (non-hydrogen) atoms. The number of nitrogens with zero attached hydrogens (tertiary/aromatic N) is 1. The number of nitro groups is 1. The number of aliphatic carboxylic acids is 2. The van der Waals surface area contributed by atoms with Crippen LogP contribution in [0.3, 0.4) is 0 Å². The molecule has 0 spiro atoms. The summed E-state index contributed by atoms with van der Waals surface area (Å²) >= 11 is 0. The van der Waals surface area contributed by atoms with Crippen molar-refractivity contribution in [2.24, 2.45) is 5.41 Å². The van der Waals surface area contributed by atoms with Gasteiger partial charge in [0.1, 0.15) is 0 Å². The summed E-state index contributed by atoms with van der Waals surface area (Å²) in [4.78, 5) is 33.4. The quantitative estimate of drug-likeness (QED) is 0.626. The monoisotopic (exact) mass is 333 g/mol. The molecule has 1 aromatic carbocycles. The van der Waals surface area contributed by atoms with E-state index in [1.165, 1.54) is 44.4 Å². The van der Waals surface area contributed by atoms with Crippen LogP contribution >= 0.6 is 0 Å². The van der Waals surface area contributed by atoms with Gasteiger partial charge in [-0.1, -0.05) is 18.2 Å². The summed E-state index contributed by atoms with van der Waals surface area (Å²) in [6, 6.07) is 4.12. The SMILES string of the molecule is COc1ccc(C2=CC=C(C(=O)O)CC2(C)C(=O)O)cc1[N+](=O)[O-]. The predicted molar refractivity (Wildman–Crippen MR) is 83.7 cm³/mol. The van der Waals surface area contributed by atoms with Crippen molar-refractivity contribution in [1.82, 2.24) is 0 Å². The Morgan fingerprint density at radius 1 is 1.29 bits per heavy atom. The zero-order valence-electron chi connectivity index (χ0n) is 13.0. The summed E-state index contributed by atoms with van der Waals surface area (Å²) in [5.41, 5.74) is -1.22. The highest BCUT2D eigenvalue weighted by atomic mass is 16.6. The Morgan fingerprint density at radius 2 is 1.96 bits per heavy atom. The Bertz CT molecular complexity index is 794. The number of methoxy groups -OCH3 is 1. The van der Waals surface area contributed by atoms with Crippen molar-refractivity contribution in [1.29, 1.82) is 0 Å². The van der Waals surface area contributed by atoms with Crippen molar-refractivity contribution >= 4 is 23.2 Å². The van der Waals surface area contributed by atoms with Crippen LogP contribution in [0.2, 0.25) is 0 Å². The summed E-state index contributed by atoms with van der Waals surface area (Å²) in [5.74, 6) is -2.35. The molecule has 0 aliphatic heterocycles. The second-order valence-corrected chi connectivity index (χ2v) is 5.54. The highest BCUT2D eigenvalue weighted by Gasteiger charge is 2.42. The maximum Gasteiger partial charge on any atom is 0.331 e. The first kappa shape index (κ1) is 17.2. The van der Waals surface area contributed by atoms with E-state index < -0.39 is 22.3 Å². The van der Waals surface area contributed by atoms with Gasteiger partial charge in [0.15, 0.2) is 5.75 Å². The minimum absolute atomic E-state index is 0.0355.